The van der Waals surface area contributed by atoms with Gasteiger partial charge in [0.05, 0.1) is 23.6 Å². The molecule has 1 aliphatic carbocycles. The summed E-state index contributed by atoms with van der Waals surface area (Å²) >= 11 is 0. The van der Waals surface area contributed by atoms with Crippen LogP contribution in [0.25, 0.3) is 0 Å². The van der Waals surface area contributed by atoms with Crippen molar-refractivity contribution in [1.82, 2.24) is 9.88 Å². The number of anilines is 1. The first kappa shape index (κ1) is 19.3. The summed E-state index contributed by atoms with van der Waals surface area (Å²) in [5.41, 5.74) is 5.63. The van der Waals surface area contributed by atoms with Crippen molar-refractivity contribution in [3.8, 4) is 0 Å². The van der Waals surface area contributed by atoms with Gasteiger partial charge in [-0.1, -0.05) is 6.92 Å². The molecule has 146 valence electrons. The monoisotopic (exact) mass is 374 g/mol. The number of nitrogens with two attached hydrogens (primary N) is 1. The SMILES string of the molecule is C[C@@H]1CCC(C2CCC(O)C2)N(C(=O)C(=O)Nc2cncc(C(N)=O)c2)C1. The van der Waals surface area contributed by atoms with Gasteiger partial charge in [0.15, 0.2) is 0 Å². The van der Waals surface area contributed by atoms with Crippen molar-refractivity contribution < 1.29 is 19.5 Å². The van der Waals surface area contributed by atoms with Crippen LogP contribution >= 0.6 is 0 Å². The number of aromatic nitrogens is 1. The van der Waals surface area contributed by atoms with Crippen LogP contribution in [0, 0.1) is 11.8 Å². The topological polar surface area (TPSA) is 126 Å². The molecule has 0 bridgehead atoms. The maximum absolute atomic E-state index is 12.9. The molecule has 1 saturated heterocycles. The Kier molecular flexibility index (Phi) is 5.74. The van der Waals surface area contributed by atoms with Crippen molar-refractivity contribution in [2.45, 2.75) is 51.2 Å². The van der Waals surface area contributed by atoms with E-state index in [0.29, 0.717) is 18.9 Å². The number of hydrogen-bond donors (Lipinski definition) is 3. The van der Waals surface area contributed by atoms with E-state index in [1.165, 1.54) is 18.5 Å². The summed E-state index contributed by atoms with van der Waals surface area (Å²) in [4.78, 5) is 42.2. The third-order valence-corrected chi connectivity index (χ3v) is 5.59. The number of rotatable bonds is 3. The van der Waals surface area contributed by atoms with E-state index in [1.807, 2.05) is 0 Å². The number of primary amides is 1. The van der Waals surface area contributed by atoms with Crippen LogP contribution in [-0.2, 0) is 9.59 Å². The molecule has 4 N–H and O–H groups in total. The zero-order valence-electron chi connectivity index (χ0n) is 15.4. The van der Waals surface area contributed by atoms with Gasteiger partial charge in [-0.2, -0.15) is 0 Å². The fraction of sp³-hybridized carbons (Fsp3) is 0.579. The van der Waals surface area contributed by atoms with E-state index in [1.54, 1.807) is 4.90 Å². The third-order valence-electron chi connectivity index (χ3n) is 5.59. The van der Waals surface area contributed by atoms with Crippen molar-refractivity contribution in [1.29, 1.82) is 0 Å². The molecule has 3 rings (SSSR count). The molecule has 0 aromatic carbocycles. The molecule has 8 heteroatoms. The van der Waals surface area contributed by atoms with Crippen LogP contribution in [-0.4, -0.2) is 51.4 Å². The summed E-state index contributed by atoms with van der Waals surface area (Å²) in [6.45, 7) is 2.60. The van der Waals surface area contributed by atoms with Gasteiger partial charge in [-0.3, -0.25) is 19.4 Å². The van der Waals surface area contributed by atoms with Gasteiger partial charge < -0.3 is 21.1 Å². The van der Waals surface area contributed by atoms with Gasteiger partial charge in [0.2, 0.25) is 5.91 Å². The quantitative estimate of drug-likeness (QED) is 0.678. The molecule has 27 heavy (non-hydrogen) atoms. The molecule has 0 spiro atoms. The molecular weight excluding hydrogens is 348 g/mol. The molecule has 3 unspecified atom stereocenters. The second kappa shape index (κ2) is 8.04. The lowest BCUT2D eigenvalue weighted by atomic mass is 9.85. The predicted octanol–water partition coefficient (Wildman–Crippen LogP) is 0.907. The molecule has 0 radical (unpaired) electrons. The molecule has 1 aromatic heterocycles. The lowest BCUT2D eigenvalue weighted by Crippen LogP contribution is -2.52. The van der Waals surface area contributed by atoms with Gasteiger partial charge >= 0.3 is 11.8 Å². The predicted molar refractivity (Wildman–Crippen MR) is 98.6 cm³/mol. The Hall–Kier alpha value is -2.48. The second-order valence-electron chi connectivity index (χ2n) is 7.72. The number of likely N-dealkylation sites (tertiary alicyclic amines) is 1. The van der Waals surface area contributed by atoms with Gasteiger partial charge in [0.25, 0.3) is 0 Å². The van der Waals surface area contributed by atoms with Crippen molar-refractivity contribution in [3.05, 3.63) is 24.0 Å². The lowest BCUT2D eigenvalue weighted by molar-refractivity contribution is -0.147. The number of piperidine rings is 1. The molecule has 1 aliphatic heterocycles. The average molecular weight is 374 g/mol. The summed E-state index contributed by atoms with van der Waals surface area (Å²) < 4.78 is 0. The van der Waals surface area contributed by atoms with Crippen LogP contribution < -0.4 is 11.1 Å². The van der Waals surface area contributed by atoms with E-state index in [9.17, 15) is 19.5 Å². The normalized spacial score (nSPS) is 28.0. The highest BCUT2D eigenvalue weighted by Gasteiger charge is 2.40. The fourth-order valence-electron chi connectivity index (χ4n) is 4.20. The molecule has 4 atom stereocenters. The Morgan fingerprint density at radius 2 is 2.00 bits per heavy atom. The Morgan fingerprint density at radius 3 is 2.67 bits per heavy atom. The van der Waals surface area contributed by atoms with E-state index in [2.05, 4.69) is 17.2 Å². The lowest BCUT2D eigenvalue weighted by Gasteiger charge is -2.41. The fourth-order valence-corrected chi connectivity index (χ4v) is 4.20. The average Bonchev–Trinajstić information content (AvgIpc) is 3.07. The van der Waals surface area contributed by atoms with Crippen LogP contribution in [0.1, 0.15) is 49.4 Å². The molecule has 8 nitrogen and oxygen atoms in total. The molecular formula is C19H26N4O4. The maximum atomic E-state index is 12.9. The van der Waals surface area contributed by atoms with E-state index >= 15 is 0 Å². The molecule has 1 saturated carbocycles. The molecule has 3 amide bonds. The molecule has 2 aliphatic rings. The van der Waals surface area contributed by atoms with Crippen molar-refractivity contribution in [3.63, 3.8) is 0 Å². The van der Waals surface area contributed by atoms with E-state index in [4.69, 9.17) is 5.73 Å². The third kappa shape index (κ3) is 4.44. The van der Waals surface area contributed by atoms with E-state index < -0.39 is 17.7 Å². The number of nitrogens with one attached hydrogen (secondary N) is 1. The number of aliphatic hydroxyl groups excluding tert-OH is 1. The first-order valence-electron chi connectivity index (χ1n) is 9.40. The highest BCUT2D eigenvalue weighted by molar-refractivity contribution is 6.39. The zero-order chi connectivity index (χ0) is 19.6. The minimum atomic E-state index is -0.754. The first-order chi connectivity index (χ1) is 12.8. The number of amides is 3. The highest BCUT2D eigenvalue weighted by Crippen LogP contribution is 2.36. The number of pyridine rings is 1. The Labute approximate surface area is 158 Å². The second-order valence-corrected chi connectivity index (χ2v) is 7.72. The first-order valence-corrected chi connectivity index (χ1v) is 9.40. The van der Waals surface area contributed by atoms with Crippen molar-refractivity contribution >= 4 is 23.4 Å². The number of aliphatic hydroxyl groups is 1. The largest absolute Gasteiger partial charge is 0.393 e. The summed E-state index contributed by atoms with van der Waals surface area (Å²) in [6, 6.07) is 1.37. The van der Waals surface area contributed by atoms with Crippen LogP contribution in [0.5, 0.6) is 0 Å². The Bertz CT molecular complexity index is 738. The Morgan fingerprint density at radius 1 is 1.22 bits per heavy atom. The van der Waals surface area contributed by atoms with Gasteiger partial charge in [0, 0.05) is 18.8 Å². The summed E-state index contributed by atoms with van der Waals surface area (Å²) in [7, 11) is 0. The smallest absolute Gasteiger partial charge is 0.313 e. The van der Waals surface area contributed by atoms with E-state index in [0.717, 1.165) is 25.7 Å². The zero-order valence-corrected chi connectivity index (χ0v) is 15.4. The van der Waals surface area contributed by atoms with Crippen LogP contribution in [0.4, 0.5) is 5.69 Å². The van der Waals surface area contributed by atoms with Gasteiger partial charge in [-0.05, 0) is 50.0 Å². The molecule has 1 aromatic rings. The van der Waals surface area contributed by atoms with E-state index in [-0.39, 0.29) is 29.3 Å². The van der Waals surface area contributed by atoms with Crippen LogP contribution in [0.3, 0.4) is 0 Å². The summed E-state index contributed by atoms with van der Waals surface area (Å²) in [5, 5.41) is 12.4. The Balaban J connectivity index is 1.72. The van der Waals surface area contributed by atoms with Crippen LogP contribution in [0.2, 0.25) is 0 Å². The summed E-state index contributed by atoms with van der Waals surface area (Å²) in [5.74, 6) is -1.45. The molecule has 2 heterocycles. The highest BCUT2D eigenvalue weighted by atomic mass is 16.3. The van der Waals surface area contributed by atoms with Gasteiger partial charge in [-0.25, -0.2) is 0 Å². The number of hydrogen-bond acceptors (Lipinski definition) is 5. The van der Waals surface area contributed by atoms with Crippen LogP contribution in [0.15, 0.2) is 18.5 Å². The standard InChI is InChI=1S/C19H26N4O4/c1-11-2-5-16(12-3-4-15(24)7-12)23(10-11)19(27)18(26)22-14-6-13(17(20)25)8-21-9-14/h6,8-9,11-12,15-16,24H,2-5,7,10H2,1H3,(H2,20,25)(H,22,26)/t11-,12?,15?,16?/m1/s1. The maximum Gasteiger partial charge on any atom is 0.313 e. The summed E-state index contributed by atoms with van der Waals surface area (Å²) in [6.07, 6.45) is 6.49. The number of carbonyl (C=O) groups is 3. The minimum Gasteiger partial charge on any atom is -0.393 e. The van der Waals surface area contributed by atoms with Gasteiger partial charge in [-0.15, -0.1) is 0 Å². The number of nitrogens with zero attached hydrogens (tertiary/aromatic N) is 2. The van der Waals surface area contributed by atoms with Crippen molar-refractivity contribution in [2.24, 2.45) is 17.6 Å². The minimum absolute atomic E-state index is 0.0216. The van der Waals surface area contributed by atoms with Crippen molar-refractivity contribution in [2.75, 3.05) is 11.9 Å². The number of carbonyl (C=O) groups excluding carboxylic acids is 3. The van der Waals surface area contributed by atoms with Gasteiger partial charge in [0.1, 0.15) is 0 Å². The molecule has 2 fully saturated rings.